The molecule has 1 saturated heterocycles. The summed E-state index contributed by atoms with van der Waals surface area (Å²) in [6, 6.07) is 10.7. The van der Waals surface area contributed by atoms with E-state index in [9.17, 15) is 4.79 Å². The first-order chi connectivity index (χ1) is 10.7. The molecule has 4 heteroatoms. The average molecular weight is 318 g/mol. The molecule has 1 aliphatic heterocycles. The summed E-state index contributed by atoms with van der Waals surface area (Å²) in [5.41, 5.74) is 0.871. The lowest BCUT2D eigenvalue weighted by Crippen LogP contribution is -2.51. The van der Waals surface area contributed by atoms with Crippen LogP contribution in [0.2, 0.25) is 0 Å². The molecule has 1 heterocycles. The summed E-state index contributed by atoms with van der Waals surface area (Å²) in [4.78, 5) is 16.5. The van der Waals surface area contributed by atoms with E-state index in [1.54, 1.807) is 4.90 Å². The van der Waals surface area contributed by atoms with Gasteiger partial charge in [-0.15, -0.1) is 0 Å². The van der Waals surface area contributed by atoms with Gasteiger partial charge in [0, 0.05) is 32.7 Å². The monoisotopic (exact) mass is 318 g/mol. The number of piperidine rings is 1. The number of likely N-dealkylation sites (N-methyl/N-ethyl adjacent to an activating group) is 1. The number of carbonyl (C=O) groups is 1. The highest BCUT2D eigenvalue weighted by molar-refractivity contribution is 5.68. The highest BCUT2D eigenvalue weighted by Crippen LogP contribution is 2.23. The van der Waals surface area contributed by atoms with Crippen molar-refractivity contribution in [2.24, 2.45) is 5.92 Å². The highest BCUT2D eigenvalue weighted by atomic mass is 16.6. The van der Waals surface area contributed by atoms with Crippen LogP contribution in [0.1, 0.15) is 39.7 Å². The molecule has 1 aliphatic rings. The predicted molar refractivity (Wildman–Crippen MR) is 93.3 cm³/mol. The zero-order chi connectivity index (χ0) is 17.0. The van der Waals surface area contributed by atoms with Crippen molar-refractivity contribution in [3.8, 4) is 0 Å². The predicted octanol–water partition coefficient (Wildman–Crippen LogP) is 3.76. The normalized spacial score (nSPS) is 22.7. The molecule has 0 saturated carbocycles. The number of likely N-dealkylation sites (tertiary alicyclic amines) is 1. The van der Waals surface area contributed by atoms with E-state index in [1.165, 1.54) is 5.56 Å². The molecule has 0 aromatic heterocycles. The van der Waals surface area contributed by atoms with E-state index in [-0.39, 0.29) is 12.1 Å². The fourth-order valence-corrected chi connectivity index (χ4v) is 3.16. The van der Waals surface area contributed by atoms with Gasteiger partial charge in [0.2, 0.25) is 0 Å². The minimum atomic E-state index is -0.449. The number of nitrogens with zero attached hydrogens (tertiary/aromatic N) is 2. The van der Waals surface area contributed by atoms with Gasteiger partial charge in [0.05, 0.1) is 0 Å². The Labute approximate surface area is 140 Å². The van der Waals surface area contributed by atoms with Crippen LogP contribution in [0, 0.1) is 5.92 Å². The summed E-state index contributed by atoms with van der Waals surface area (Å²) in [5, 5.41) is 0. The van der Waals surface area contributed by atoms with Gasteiger partial charge in [-0.1, -0.05) is 37.3 Å². The second-order valence-electron chi connectivity index (χ2n) is 7.77. The van der Waals surface area contributed by atoms with Crippen molar-refractivity contribution in [2.45, 2.75) is 52.3 Å². The zero-order valence-electron chi connectivity index (χ0n) is 15.1. The Morgan fingerprint density at radius 1 is 1.26 bits per heavy atom. The van der Waals surface area contributed by atoms with Crippen molar-refractivity contribution in [3.63, 3.8) is 0 Å². The van der Waals surface area contributed by atoms with Gasteiger partial charge in [0.15, 0.2) is 0 Å². The van der Waals surface area contributed by atoms with Crippen LogP contribution >= 0.6 is 0 Å². The van der Waals surface area contributed by atoms with E-state index < -0.39 is 5.60 Å². The summed E-state index contributed by atoms with van der Waals surface area (Å²) < 4.78 is 5.51. The Bertz CT molecular complexity index is 510. The molecule has 23 heavy (non-hydrogen) atoms. The van der Waals surface area contributed by atoms with Crippen LogP contribution in [0.5, 0.6) is 0 Å². The van der Waals surface area contributed by atoms with E-state index in [0.29, 0.717) is 5.92 Å². The highest BCUT2D eigenvalue weighted by Gasteiger charge is 2.31. The maximum absolute atomic E-state index is 12.3. The molecule has 0 spiro atoms. The standard InChI is InChI=1S/C19H30N2O2/c1-15-11-17(20(5)18(22)23-19(2,3)4)14-21(12-15)13-16-9-7-6-8-10-16/h6-10,15,17H,11-14H2,1-5H3/t15-,17-/m1/s1. The van der Waals surface area contributed by atoms with Gasteiger partial charge in [-0.2, -0.15) is 0 Å². The van der Waals surface area contributed by atoms with E-state index in [1.807, 2.05) is 33.9 Å². The molecule has 0 N–H and O–H groups in total. The van der Waals surface area contributed by atoms with E-state index in [0.717, 1.165) is 26.1 Å². The SMILES string of the molecule is C[C@@H]1C[C@@H](N(C)C(=O)OC(C)(C)C)CN(Cc2ccccc2)C1. The van der Waals surface area contributed by atoms with Crippen LogP contribution in [0.25, 0.3) is 0 Å². The molecule has 1 aromatic rings. The first kappa shape index (κ1) is 17.8. The summed E-state index contributed by atoms with van der Waals surface area (Å²) in [6.45, 7) is 10.9. The maximum Gasteiger partial charge on any atom is 0.410 e. The van der Waals surface area contributed by atoms with Gasteiger partial charge in [-0.25, -0.2) is 4.79 Å². The Hall–Kier alpha value is -1.55. The molecule has 4 nitrogen and oxygen atoms in total. The van der Waals surface area contributed by atoms with Gasteiger partial charge in [-0.3, -0.25) is 4.90 Å². The van der Waals surface area contributed by atoms with E-state index in [4.69, 9.17) is 4.74 Å². The van der Waals surface area contributed by atoms with Crippen molar-refractivity contribution in [3.05, 3.63) is 35.9 Å². The summed E-state index contributed by atoms with van der Waals surface area (Å²) in [7, 11) is 1.86. The first-order valence-corrected chi connectivity index (χ1v) is 8.46. The van der Waals surface area contributed by atoms with Crippen molar-refractivity contribution in [1.82, 2.24) is 9.80 Å². The molecular formula is C19H30N2O2. The fourth-order valence-electron chi connectivity index (χ4n) is 3.16. The van der Waals surface area contributed by atoms with Crippen LogP contribution in [0.15, 0.2) is 30.3 Å². The summed E-state index contributed by atoms with van der Waals surface area (Å²) >= 11 is 0. The van der Waals surface area contributed by atoms with Crippen LogP contribution in [0.4, 0.5) is 4.79 Å². The molecule has 1 fully saturated rings. The second kappa shape index (κ2) is 7.35. The zero-order valence-corrected chi connectivity index (χ0v) is 15.1. The third kappa shape index (κ3) is 5.54. The Kier molecular flexibility index (Phi) is 5.69. The maximum atomic E-state index is 12.3. The van der Waals surface area contributed by atoms with Gasteiger partial charge in [-0.05, 0) is 38.7 Å². The van der Waals surface area contributed by atoms with Gasteiger partial charge in [0.25, 0.3) is 0 Å². The Balaban J connectivity index is 1.98. The number of carbonyl (C=O) groups excluding carboxylic acids is 1. The molecule has 2 atom stereocenters. The summed E-state index contributed by atoms with van der Waals surface area (Å²) in [5.74, 6) is 0.572. The number of benzene rings is 1. The van der Waals surface area contributed by atoms with Crippen molar-refractivity contribution in [2.75, 3.05) is 20.1 Å². The third-order valence-corrected chi connectivity index (χ3v) is 4.19. The number of ether oxygens (including phenoxy) is 1. The Morgan fingerprint density at radius 3 is 2.52 bits per heavy atom. The largest absolute Gasteiger partial charge is 0.444 e. The van der Waals surface area contributed by atoms with Crippen LogP contribution in [-0.2, 0) is 11.3 Å². The second-order valence-corrected chi connectivity index (χ2v) is 7.77. The summed E-state index contributed by atoms with van der Waals surface area (Å²) in [6.07, 6.45) is 0.803. The number of amides is 1. The van der Waals surface area contributed by atoms with Crippen LogP contribution in [0.3, 0.4) is 0 Å². The molecule has 0 bridgehead atoms. The van der Waals surface area contributed by atoms with Crippen molar-refractivity contribution in [1.29, 1.82) is 0 Å². The minimum Gasteiger partial charge on any atom is -0.444 e. The molecule has 0 aliphatic carbocycles. The topological polar surface area (TPSA) is 32.8 Å². The molecule has 1 amide bonds. The van der Waals surface area contributed by atoms with Crippen molar-refractivity contribution < 1.29 is 9.53 Å². The smallest absolute Gasteiger partial charge is 0.410 e. The molecule has 128 valence electrons. The molecule has 0 unspecified atom stereocenters. The molecule has 0 radical (unpaired) electrons. The molecular weight excluding hydrogens is 288 g/mol. The van der Waals surface area contributed by atoms with Crippen LogP contribution < -0.4 is 0 Å². The lowest BCUT2D eigenvalue weighted by Gasteiger charge is -2.40. The fraction of sp³-hybridized carbons (Fsp3) is 0.632. The van der Waals surface area contributed by atoms with Gasteiger partial charge < -0.3 is 9.64 Å². The first-order valence-electron chi connectivity index (χ1n) is 8.46. The van der Waals surface area contributed by atoms with Gasteiger partial charge >= 0.3 is 6.09 Å². The lowest BCUT2D eigenvalue weighted by molar-refractivity contribution is 0.00829. The quantitative estimate of drug-likeness (QED) is 0.850. The number of hydrogen-bond donors (Lipinski definition) is 0. The number of rotatable bonds is 3. The van der Waals surface area contributed by atoms with E-state index in [2.05, 4.69) is 36.1 Å². The van der Waals surface area contributed by atoms with Crippen molar-refractivity contribution >= 4 is 6.09 Å². The lowest BCUT2D eigenvalue weighted by atomic mass is 9.94. The minimum absolute atomic E-state index is 0.206. The molecule has 2 rings (SSSR count). The number of hydrogen-bond acceptors (Lipinski definition) is 3. The third-order valence-electron chi connectivity index (χ3n) is 4.19. The Morgan fingerprint density at radius 2 is 1.91 bits per heavy atom. The van der Waals surface area contributed by atoms with Crippen LogP contribution in [-0.4, -0.2) is 47.7 Å². The van der Waals surface area contributed by atoms with Gasteiger partial charge in [0.1, 0.15) is 5.60 Å². The van der Waals surface area contributed by atoms with E-state index >= 15 is 0 Å². The average Bonchev–Trinajstić information content (AvgIpc) is 2.45. The molecule has 1 aromatic carbocycles.